The number of nitriles is 1. The van der Waals surface area contributed by atoms with Crippen LogP contribution in [0, 0.1) is 11.3 Å². The molecule has 1 amide bonds. The lowest BCUT2D eigenvalue weighted by atomic mass is 10.1. The third kappa shape index (κ3) is 5.85. The highest BCUT2D eigenvalue weighted by molar-refractivity contribution is 6.34. The molecule has 0 radical (unpaired) electrons. The number of hydrogen-bond acceptors (Lipinski definition) is 5. The normalized spacial score (nSPS) is 10.4. The molecule has 1 aromatic heterocycles. The van der Waals surface area contributed by atoms with Crippen LogP contribution in [0.1, 0.15) is 30.7 Å². The first-order valence-electron chi connectivity index (χ1n) is 10.3. The Kier molecular flexibility index (Phi) is 8.20. The minimum absolute atomic E-state index is 0.113. The number of ether oxygens (including phenoxy) is 2. The molecule has 7 heteroatoms. The van der Waals surface area contributed by atoms with E-state index in [1.54, 1.807) is 41.4 Å². The number of pyridine rings is 1. The second-order valence-electron chi connectivity index (χ2n) is 6.95. The molecule has 3 aromatic rings. The van der Waals surface area contributed by atoms with Crippen molar-refractivity contribution < 1.29 is 14.3 Å². The minimum atomic E-state index is -0.130. The topological polar surface area (TPSA) is 75.4 Å². The number of aromatic nitrogens is 1. The second kappa shape index (κ2) is 11.3. The smallest absolute Gasteiger partial charge is 0.233 e. The van der Waals surface area contributed by atoms with Crippen molar-refractivity contribution in [1.82, 2.24) is 4.98 Å². The Bertz CT molecular complexity index is 1090. The molecular weight excluding hydrogens is 426 g/mol. The van der Waals surface area contributed by atoms with E-state index in [1.165, 1.54) is 0 Å². The SMILES string of the molecule is CCOCN(C(=O)Cc1ccc(Oc2ccc(C#N)cc2)cc1)c1ccnc(CC)c1Cl. The first-order chi connectivity index (χ1) is 15.5. The van der Waals surface area contributed by atoms with Gasteiger partial charge >= 0.3 is 0 Å². The molecule has 3 rings (SSSR count). The predicted octanol–water partition coefficient (Wildman–Crippen LogP) is 5.53. The first-order valence-corrected chi connectivity index (χ1v) is 10.7. The molecule has 0 aliphatic rings. The van der Waals surface area contributed by atoms with Crippen LogP contribution in [0.3, 0.4) is 0 Å². The number of aryl methyl sites for hydroxylation is 1. The van der Waals surface area contributed by atoms with Crippen LogP contribution in [0.2, 0.25) is 5.02 Å². The van der Waals surface area contributed by atoms with E-state index >= 15 is 0 Å². The van der Waals surface area contributed by atoms with Crippen LogP contribution in [-0.2, 0) is 22.4 Å². The van der Waals surface area contributed by atoms with Gasteiger partial charge in [-0.1, -0.05) is 30.7 Å². The van der Waals surface area contributed by atoms with Crippen molar-refractivity contribution >= 4 is 23.2 Å². The molecule has 2 aromatic carbocycles. The summed E-state index contributed by atoms with van der Waals surface area (Å²) in [5, 5.41) is 9.35. The maximum absolute atomic E-state index is 13.1. The number of nitrogens with zero attached hydrogens (tertiary/aromatic N) is 3. The number of hydrogen-bond donors (Lipinski definition) is 0. The van der Waals surface area contributed by atoms with Gasteiger partial charge in [0.15, 0.2) is 0 Å². The van der Waals surface area contributed by atoms with Crippen LogP contribution in [0.4, 0.5) is 5.69 Å². The van der Waals surface area contributed by atoms with Crippen molar-refractivity contribution in [3.63, 3.8) is 0 Å². The molecule has 0 aliphatic heterocycles. The Hall–Kier alpha value is -3.40. The molecule has 1 heterocycles. The van der Waals surface area contributed by atoms with Crippen molar-refractivity contribution in [3.8, 4) is 17.6 Å². The molecule has 32 heavy (non-hydrogen) atoms. The summed E-state index contributed by atoms with van der Waals surface area (Å²) in [4.78, 5) is 18.9. The number of amides is 1. The molecule has 0 saturated heterocycles. The van der Waals surface area contributed by atoms with Gasteiger partial charge in [0.1, 0.15) is 18.2 Å². The number of halogens is 1. The summed E-state index contributed by atoms with van der Waals surface area (Å²) in [5.74, 6) is 1.14. The first kappa shape index (κ1) is 23.3. The summed E-state index contributed by atoms with van der Waals surface area (Å²) >= 11 is 6.50. The van der Waals surface area contributed by atoms with Gasteiger partial charge in [0.2, 0.25) is 5.91 Å². The van der Waals surface area contributed by atoms with Crippen molar-refractivity contribution in [2.24, 2.45) is 0 Å². The average molecular weight is 450 g/mol. The summed E-state index contributed by atoms with van der Waals surface area (Å²) in [6.07, 6.45) is 2.51. The highest BCUT2D eigenvalue weighted by Crippen LogP contribution is 2.29. The van der Waals surface area contributed by atoms with Gasteiger partial charge in [-0.2, -0.15) is 5.26 Å². The van der Waals surface area contributed by atoms with E-state index in [0.29, 0.717) is 40.8 Å². The number of anilines is 1. The molecule has 0 aliphatic carbocycles. The predicted molar refractivity (Wildman–Crippen MR) is 124 cm³/mol. The van der Waals surface area contributed by atoms with Gasteiger partial charge in [-0.25, -0.2) is 0 Å². The standard InChI is InChI=1S/C25H24ClN3O3/c1-3-22-25(26)23(13-14-28-22)29(17-31-4-2)24(30)15-18-5-9-20(10-6-18)32-21-11-7-19(16-27)8-12-21/h5-14H,3-4,15,17H2,1-2H3. The van der Waals surface area contributed by atoms with Gasteiger partial charge in [0.25, 0.3) is 0 Å². The van der Waals surface area contributed by atoms with E-state index < -0.39 is 0 Å². The van der Waals surface area contributed by atoms with Crippen LogP contribution in [0.15, 0.2) is 60.8 Å². The zero-order chi connectivity index (χ0) is 22.9. The zero-order valence-corrected chi connectivity index (χ0v) is 18.8. The number of rotatable bonds is 9. The summed E-state index contributed by atoms with van der Waals surface area (Å²) in [7, 11) is 0. The summed E-state index contributed by atoms with van der Waals surface area (Å²) in [6.45, 7) is 4.44. The fourth-order valence-corrected chi connectivity index (χ4v) is 3.42. The quantitative estimate of drug-likeness (QED) is 0.401. The molecule has 0 unspecified atom stereocenters. The summed E-state index contributed by atoms with van der Waals surface area (Å²) < 4.78 is 11.3. The number of carbonyl (C=O) groups excluding carboxylic acids is 1. The van der Waals surface area contributed by atoms with Crippen LogP contribution in [-0.4, -0.2) is 24.2 Å². The summed E-state index contributed by atoms with van der Waals surface area (Å²) in [5.41, 5.74) is 2.74. The van der Waals surface area contributed by atoms with Crippen molar-refractivity contribution in [3.05, 3.63) is 82.6 Å². The molecule has 0 spiro atoms. The van der Waals surface area contributed by atoms with Crippen molar-refractivity contribution in [1.29, 1.82) is 5.26 Å². The lowest BCUT2D eigenvalue weighted by Crippen LogP contribution is -2.35. The van der Waals surface area contributed by atoms with E-state index in [9.17, 15) is 4.79 Å². The van der Waals surface area contributed by atoms with E-state index in [4.69, 9.17) is 26.3 Å². The van der Waals surface area contributed by atoms with E-state index in [1.807, 2.05) is 38.1 Å². The van der Waals surface area contributed by atoms with Crippen LogP contribution < -0.4 is 9.64 Å². The molecule has 0 fully saturated rings. The fraction of sp³-hybridized carbons (Fsp3) is 0.240. The number of carbonyl (C=O) groups is 1. The Morgan fingerprint density at radius 2 is 1.72 bits per heavy atom. The van der Waals surface area contributed by atoms with E-state index in [0.717, 1.165) is 11.3 Å². The van der Waals surface area contributed by atoms with Crippen LogP contribution in [0.25, 0.3) is 0 Å². The van der Waals surface area contributed by atoms with Gasteiger partial charge in [0, 0.05) is 12.8 Å². The van der Waals surface area contributed by atoms with Gasteiger partial charge in [-0.15, -0.1) is 0 Å². The number of benzene rings is 2. The van der Waals surface area contributed by atoms with E-state index in [2.05, 4.69) is 11.1 Å². The third-order valence-corrected chi connectivity index (χ3v) is 5.20. The van der Waals surface area contributed by atoms with Gasteiger partial charge < -0.3 is 9.47 Å². The Balaban J connectivity index is 1.72. The summed E-state index contributed by atoms with van der Waals surface area (Å²) in [6, 6.07) is 18.0. The fourth-order valence-electron chi connectivity index (χ4n) is 3.07. The van der Waals surface area contributed by atoms with Crippen LogP contribution >= 0.6 is 11.6 Å². The molecule has 6 nitrogen and oxygen atoms in total. The molecule has 164 valence electrons. The maximum Gasteiger partial charge on any atom is 0.233 e. The highest BCUT2D eigenvalue weighted by atomic mass is 35.5. The van der Waals surface area contributed by atoms with Crippen LogP contribution in [0.5, 0.6) is 11.5 Å². The second-order valence-corrected chi connectivity index (χ2v) is 7.32. The Morgan fingerprint density at radius 3 is 2.31 bits per heavy atom. The Morgan fingerprint density at radius 1 is 1.06 bits per heavy atom. The lowest BCUT2D eigenvalue weighted by molar-refractivity contribution is -0.119. The highest BCUT2D eigenvalue weighted by Gasteiger charge is 2.20. The monoisotopic (exact) mass is 449 g/mol. The maximum atomic E-state index is 13.1. The molecular formula is C25H24ClN3O3. The van der Waals surface area contributed by atoms with Crippen molar-refractivity contribution in [2.75, 3.05) is 18.2 Å². The molecule has 0 atom stereocenters. The molecule has 0 N–H and O–H groups in total. The Labute approximate surface area is 193 Å². The van der Waals surface area contributed by atoms with E-state index in [-0.39, 0.29) is 19.1 Å². The van der Waals surface area contributed by atoms with Gasteiger partial charge in [-0.05, 0) is 61.4 Å². The van der Waals surface area contributed by atoms with Gasteiger partial charge in [-0.3, -0.25) is 14.7 Å². The lowest BCUT2D eigenvalue weighted by Gasteiger charge is -2.24. The molecule has 0 saturated carbocycles. The zero-order valence-electron chi connectivity index (χ0n) is 18.0. The average Bonchev–Trinajstić information content (AvgIpc) is 2.82. The van der Waals surface area contributed by atoms with Crippen molar-refractivity contribution in [2.45, 2.75) is 26.7 Å². The van der Waals surface area contributed by atoms with Gasteiger partial charge in [0.05, 0.1) is 34.5 Å². The molecule has 0 bridgehead atoms. The minimum Gasteiger partial charge on any atom is -0.457 e. The largest absolute Gasteiger partial charge is 0.457 e. The third-order valence-electron chi connectivity index (χ3n) is 4.79.